The number of amides is 1. The van der Waals surface area contributed by atoms with Gasteiger partial charge in [0, 0.05) is 10.6 Å². The molecule has 0 aliphatic rings. The van der Waals surface area contributed by atoms with Crippen molar-refractivity contribution < 1.29 is 18.4 Å². The number of ether oxygens (including phenoxy) is 1. The number of halogens is 2. The Hall–Kier alpha value is -2.93. The van der Waals surface area contributed by atoms with Gasteiger partial charge in [0.1, 0.15) is 11.6 Å². The number of carbonyl (C=O) groups is 1. The molecule has 3 rings (SSSR count). The van der Waals surface area contributed by atoms with Gasteiger partial charge in [-0.05, 0) is 53.7 Å². The van der Waals surface area contributed by atoms with Crippen molar-refractivity contribution in [3.05, 3.63) is 59.4 Å². The number of anilines is 1. The maximum atomic E-state index is 12.9. The number of hydrogen-bond donors (Lipinski definition) is 1. The predicted octanol–water partition coefficient (Wildman–Crippen LogP) is 3.55. The van der Waals surface area contributed by atoms with Crippen molar-refractivity contribution in [1.29, 1.82) is 0 Å². The highest BCUT2D eigenvalue weighted by molar-refractivity contribution is 6.30. The van der Waals surface area contributed by atoms with Gasteiger partial charge < -0.3 is 9.26 Å². The molecule has 0 aliphatic carbocycles. The lowest BCUT2D eigenvalue weighted by molar-refractivity contribution is -0.118. The lowest BCUT2D eigenvalue weighted by atomic mass is 10.2. The van der Waals surface area contributed by atoms with Gasteiger partial charge in [-0.1, -0.05) is 11.6 Å². The summed E-state index contributed by atoms with van der Waals surface area (Å²) in [6.45, 7) is -0.220. The van der Waals surface area contributed by atoms with E-state index in [1.807, 2.05) is 0 Å². The van der Waals surface area contributed by atoms with Crippen molar-refractivity contribution in [2.24, 2.45) is 0 Å². The van der Waals surface area contributed by atoms with Gasteiger partial charge in [0.05, 0.1) is 0 Å². The molecule has 0 fully saturated rings. The molecule has 2 aromatic carbocycles. The lowest BCUT2D eigenvalue weighted by Gasteiger charge is -2.04. The molecule has 0 radical (unpaired) electrons. The fourth-order valence-corrected chi connectivity index (χ4v) is 1.95. The fraction of sp³-hybridized carbons (Fsp3) is 0.0625. The minimum Gasteiger partial charge on any atom is -0.484 e. The van der Waals surface area contributed by atoms with E-state index in [0.29, 0.717) is 16.3 Å². The van der Waals surface area contributed by atoms with Crippen molar-refractivity contribution in [2.45, 2.75) is 0 Å². The SMILES string of the molecule is O=C(COc1ccc(Cl)cc1)Nc1noc(-c2ccc(F)cc2)n1. The average molecular weight is 348 g/mol. The Morgan fingerprint density at radius 2 is 1.88 bits per heavy atom. The summed E-state index contributed by atoms with van der Waals surface area (Å²) >= 11 is 5.76. The van der Waals surface area contributed by atoms with Crippen molar-refractivity contribution in [3.8, 4) is 17.2 Å². The summed E-state index contributed by atoms with van der Waals surface area (Å²) in [7, 11) is 0. The zero-order valence-corrected chi connectivity index (χ0v) is 13.0. The average Bonchev–Trinajstić information content (AvgIpc) is 3.03. The molecule has 0 saturated heterocycles. The molecule has 0 atom stereocenters. The monoisotopic (exact) mass is 347 g/mol. The fourth-order valence-electron chi connectivity index (χ4n) is 1.82. The molecule has 6 nitrogen and oxygen atoms in total. The predicted molar refractivity (Wildman–Crippen MR) is 85.3 cm³/mol. The molecular formula is C16H11ClFN3O3. The van der Waals surface area contributed by atoms with E-state index in [-0.39, 0.29) is 24.3 Å². The zero-order valence-electron chi connectivity index (χ0n) is 12.2. The van der Waals surface area contributed by atoms with Gasteiger partial charge in [0.25, 0.3) is 17.7 Å². The van der Waals surface area contributed by atoms with Gasteiger partial charge in [0.15, 0.2) is 6.61 Å². The third-order valence-corrected chi connectivity index (χ3v) is 3.20. The van der Waals surface area contributed by atoms with E-state index in [1.54, 1.807) is 24.3 Å². The summed E-state index contributed by atoms with van der Waals surface area (Å²) in [6.07, 6.45) is 0. The van der Waals surface area contributed by atoms with Crippen LogP contribution in [0.25, 0.3) is 11.5 Å². The first-order valence-electron chi connectivity index (χ1n) is 6.88. The molecule has 1 N–H and O–H groups in total. The molecule has 0 bridgehead atoms. The summed E-state index contributed by atoms with van der Waals surface area (Å²) in [5, 5.41) is 6.66. The highest BCUT2D eigenvalue weighted by Crippen LogP contribution is 2.19. The van der Waals surface area contributed by atoms with Crippen LogP contribution in [0.2, 0.25) is 5.02 Å². The van der Waals surface area contributed by atoms with Crippen LogP contribution in [0.15, 0.2) is 53.1 Å². The van der Waals surface area contributed by atoms with E-state index in [1.165, 1.54) is 24.3 Å². The van der Waals surface area contributed by atoms with Crippen LogP contribution in [0.1, 0.15) is 0 Å². The zero-order chi connectivity index (χ0) is 16.9. The summed E-state index contributed by atoms with van der Waals surface area (Å²) < 4.78 is 23.2. The van der Waals surface area contributed by atoms with Crippen LogP contribution >= 0.6 is 11.6 Å². The van der Waals surface area contributed by atoms with E-state index in [0.717, 1.165) is 0 Å². The second-order valence-corrected chi connectivity index (χ2v) is 5.16. The van der Waals surface area contributed by atoms with Crippen LogP contribution in [0.3, 0.4) is 0 Å². The Morgan fingerprint density at radius 1 is 1.17 bits per heavy atom. The number of aromatic nitrogens is 2. The smallest absolute Gasteiger partial charge is 0.270 e. The van der Waals surface area contributed by atoms with Crippen molar-refractivity contribution in [2.75, 3.05) is 11.9 Å². The molecule has 1 heterocycles. The van der Waals surface area contributed by atoms with Crippen LogP contribution in [-0.4, -0.2) is 22.7 Å². The highest BCUT2D eigenvalue weighted by atomic mass is 35.5. The van der Waals surface area contributed by atoms with Gasteiger partial charge in [-0.3, -0.25) is 10.1 Å². The number of rotatable bonds is 5. The van der Waals surface area contributed by atoms with Crippen LogP contribution in [0.5, 0.6) is 5.75 Å². The summed E-state index contributed by atoms with van der Waals surface area (Å²) in [4.78, 5) is 15.8. The van der Waals surface area contributed by atoms with E-state index in [2.05, 4.69) is 15.5 Å². The first kappa shape index (κ1) is 15.9. The molecule has 24 heavy (non-hydrogen) atoms. The van der Waals surface area contributed by atoms with Crippen molar-refractivity contribution in [1.82, 2.24) is 10.1 Å². The van der Waals surface area contributed by atoms with Crippen LogP contribution < -0.4 is 10.1 Å². The molecule has 0 spiro atoms. The minimum absolute atomic E-state index is 0.000897. The second-order valence-electron chi connectivity index (χ2n) is 4.72. The van der Waals surface area contributed by atoms with E-state index >= 15 is 0 Å². The molecule has 8 heteroatoms. The summed E-state index contributed by atoms with van der Waals surface area (Å²) in [6, 6.07) is 12.2. The van der Waals surface area contributed by atoms with Gasteiger partial charge >= 0.3 is 0 Å². The van der Waals surface area contributed by atoms with Gasteiger partial charge in [-0.25, -0.2) is 4.39 Å². The second kappa shape index (κ2) is 7.10. The molecule has 0 saturated carbocycles. The van der Waals surface area contributed by atoms with Gasteiger partial charge in [-0.2, -0.15) is 4.98 Å². The maximum Gasteiger partial charge on any atom is 0.270 e. The Labute approximate surface area is 141 Å². The number of carbonyl (C=O) groups excluding carboxylic acids is 1. The number of hydrogen-bond acceptors (Lipinski definition) is 5. The highest BCUT2D eigenvalue weighted by Gasteiger charge is 2.12. The van der Waals surface area contributed by atoms with Gasteiger partial charge in [-0.15, -0.1) is 0 Å². The normalized spacial score (nSPS) is 10.4. The third-order valence-electron chi connectivity index (χ3n) is 2.95. The molecule has 3 aromatic rings. The summed E-state index contributed by atoms with van der Waals surface area (Å²) in [5.41, 5.74) is 0.543. The molecule has 122 valence electrons. The first-order chi connectivity index (χ1) is 11.6. The molecule has 0 aliphatic heterocycles. The Balaban J connectivity index is 1.57. The van der Waals surface area contributed by atoms with E-state index in [9.17, 15) is 9.18 Å². The Kier molecular flexibility index (Phi) is 4.72. The van der Waals surface area contributed by atoms with E-state index in [4.69, 9.17) is 20.9 Å². The van der Waals surface area contributed by atoms with Gasteiger partial charge in [0.2, 0.25) is 0 Å². The number of nitrogens with zero attached hydrogens (tertiary/aromatic N) is 2. The largest absolute Gasteiger partial charge is 0.484 e. The Bertz CT molecular complexity index is 835. The maximum absolute atomic E-state index is 12.9. The lowest BCUT2D eigenvalue weighted by Crippen LogP contribution is -2.20. The Morgan fingerprint density at radius 3 is 2.58 bits per heavy atom. The molecule has 1 amide bonds. The van der Waals surface area contributed by atoms with Crippen LogP contribution in [0, 0.1) is 5.82 Å². The third kappa shape index (κ3) is 4.08. The van der Waals surface area contributed by atoms with E-state index < -0.39 is 5.91 Å². The molecule has 0 unspecified atom stereocenters. The standard InChI is InChI=1S/C16H11ClFN3O3/c17-11-3-7-13(8-4-11)23-9-14(22)19-16-20-15(24-21-16)10-1-5-12(18)6-2-10/h1-8H,9H2,(H,19,21,22). The molecular weight excluding hydrogens is 337 g/mol. The van der Waals surface area contributed by atoms with Crippen LogP contribution in [0.4, 0.5) is 10.3 Å². The van der Waals surface area contributed by atoms with Crippen molar-refractivity contribution >= 4 is 23.5 Å². The van der Waals surface area contributed by atoms with Crippen molar-refractivity contribution in [3.63, 3.8) is 0 Å². The number of benzene rings is 2. The number of nitrogens with one attached hydrogen (secondary N) is 1. The minimum atomic E-state index is -0.448. The van der Waals surface area contributed by atoms with Crippen LogP contribution in [-0.2, 0) is 4.79 Å². The molecule has 1 aromatic heterocycles. The first-order valence-corrected chi connectivity index (χ1v) is 7.26. The topological polar surface area (TPSA) is 77.2 Å². The quantitative estimate of drug-likeness (QED) is 0.763. The summed E-state index contributed by atoms with van der Waals surface area (Å²) in [5.74, 6) is -0.139.